The molecule has 0 aliphatic heterocycles. The van der Waals surface area contributed by atoms with Gasteiger partial charge >= 0.3 is 74.8 Å². The fourth-order valence-electron chi connectivity index (χ4n) is 3.31. The van der Waals surface area contributed by atoms with E-state index in [0.29, 0.717) is 25.6 Å². The molecule has 0 aliphatic rings. The van der Waals surface area contributed by atoms with E-state index in [1.54, 1.807) is 24.9 Å². The van der Waals surface area contributed by atoms with Gasteiger partial charge in [0.25, 0.3) is 0 Å². The van der Waals surface area contributed by atoms with Gasteiger partial charge in [-0.15, -0.1) is 0 Å². The number of carbonyl (C=O) groups excluding carboxylic acids is 3. The number of hydrogen-bond donors (Lipinski definition) is 0. The van der Waals surface area contributed by atoms with Gasteiger partial charge in [0.15, 0.2) is 10.0 Å². The van der Waals surface area contributed by atoms with Gasteiger partial charge in [-0.05, 0) is 58.3 Å². The molecule has 0 radical (unpaired) electrons. The predicted molar refractivity (Wildman–Crippen MR) is 191 cm³/mol. The zero-order chi connectivity index (χ0) is 40.3. The quantitative estimate of drug-likeness (QED) is 0.0500. The zero-order valence-corrected chi connectivity index (χ0v) is 38.2. The molecule has 0 bridgehead atoms. The van der Waals surface area contributed by atoms with Gasteiger partial charge in [0.2, 0.25) is 10.3 Å². The van der Waals surface area contributed by atoms with E-state index in [2.05, 4.69) is 29.7 Å². The molecule has 0 heterocycles. The summed E-state index contributed by atoms with van der Waals surface area (Å²) < 4.78 is 99.4. The van der Waals surface area contributed by atoms with Crippen molar-refractivity contribution < 1.29 is 114 Å². The number of esters is 3. The first-order valence-electron chi connectivity index (χ1n) is 17.9. The molecule has 0 rings (SSSR count). The van der Waals surface area contributed by atoms with E-state index in [0.717, 1.165) is 32.1 Å². The van der Waals surface area contributed by atoms with Crippen LogP contribution in [-0.2, 0) is 53.1 Å². The second-order valence-corrected chi connectivity index (χ2v) is 16.3. The molecular weight excluding hydrogens is 759 g/mol. The number of rotatable bonds is 24. The van der Waals surface area contributed by atoms with Crippen molar-refractivity contribution in [2.45, 2.75) is 152 Å². The van der Waals surface area contributed by atoms with Crippen LogP contribution < -0.4 is 51.4 Å². The standard InChI is InChI=1S/C14H28O2.C11H22O2.C9H15F3NO7S2.K/c1-4-6-7-8-9-10-11-12-16-14(15)13(3)5-2;1-5-10(4)11(12)13-8-6-7-9(2)3;1-4-8(2,3)7(14)19-5-6-20-22(17,18)13-21(15,16)9(10,11)12;/h13H,4-12H2,1-3H3;9-10H,5-8H2,1-4H3;4-6H2,1-3H3;/q;;-1;+1. The number of carbonyl (C=O) groups is 3. The van der Waals surface area contributed by atoms with Gasteiger partial charge in [-0.1, -0.05) is 93.9 Å². The Morgan fingerprint density at radius 3 is 1.50 bits per heavy atom. The van der Waals surface area contributed by atoms with Gasteiger partial charge in [0.05, 0.1) is 37.1 Å². The molecule has 2 unspecified atom stereocenters. The number of ether oxygens (including phenoxy) is 3. The number of hydrogen-bond acceptors (Lipinski definition) is 11. The molecular formula is C34H65F3KNO11S2. The Bertz CT molecular complexity index is 1170. The molecule has 0 aromatic heterocycles. The Morgan fingerprint density at radius 2 is 1.10 bits per heavy atom. The van der Waals surface area contributed by atoms with Gasteiger partial charge < -0.3 is 18.3 Å². The summed E-state index contributed by atoms with van der Waals surface area (Å²) in [6.07, 6.45) is 13.1. The van der Waals surface area contributed by atoms with Crippen molar-refractivity contribution in [1.82, 2.24) is 0 Å². The maximum Gasteiger partial charge on any atom is 1.00 e. The molecule has 0 N–H and O–H groups in total. The van der Waals surface area contributed by atoms with E-state index in [1.807, 2.05) is 27.7 Å². The van der Waals surface area contributed by atoms with Crippen molar-refractivity contribution >= 4 is 38.2 Å². The maximum atomic E-state index is 12.0. The van der Waals surface area contributed by atoms with Crippen LogP contribution in [0, 0.1) is 23.2 Å². The van der Waals surface area contributed by atoms with Crippen LogP contribution in [0.1, 0.15) is 146 Å². The third-order valence-corrected chi connectivity index (χ3v) is 10.2. The first-order valence-corrected chi connectivity index (χ1v) is 20.7. The average Bonchev–Trinajstić information content (AvgIpc) is 3.04. The Hall–Kier alpha value is -0.344. The molecule has 12 nitrogen and oxygen atoms in total. The van der Waals surface area contributed by atoms with Crippen LogP contribution >= 0.6 is 0 Å². The number of sulfonamides is 1. The van der Waals surface area contributed by atoms with Crippen LogP contribution in [0.3, 0.4) is 0 Å². The average molecular weight is 824 g/mol. The van der Waals surface area contributed by atoms with Crippen LogP contribution in [0.4, 0.5) is 13.2 Å². The van der Waals surface area contributed by atoms with Gasteiger partial charge in [-0.3, -0.25) is 18.6 Å². The third-order valence-electron chi connectivity index (χ3n) is 7.66. The first kappa shape index (κ1) is 58.4. The molecule has 0 fully saturated rings. The summed E-state index contributed by atoms with van der Waals surface area (Å²) in [6, 6.07) is 0. The summed E-state index contributed by atoms with van der Waals surface area (Å²) in [7, 11) is -11.6. The summed E-state index contributed by atoms with van der Waals surface area (Å²) in [4.78, 5) is 34.0. The molecule has 0 saturated carbocycles. The first-order chi connectivity index (χ1) is 23.4. The molecule has 2 atom stereocenters. The summed E-state index contributed by atoms with van der Waals surface area (Å²) in [6.45, 7) is 19.0. The third kappa shape index (κ3) is 32.0. The van der Waals surface area contributed by atoms with E-state index in [4.69, 9.17) is 9.47 Å². The van der Waals surface area contributed by atoms with E-state index in [1.165, 1.54) is 38.5 Å². The summed E-state index contributed by atoms with van der Waals surface area (Å²) in [5.74, 6) is 0.0569. The molecule has 52 heavy (non-hydrogen) atoms. The monoisotopic (exact) mass is 823 g/mol. The van der Waals surface area contributed by atoms with Gasteiger partial charge in [0, 0.05) is 0 Å². The summed E-state index contributed by atoms with van der Waals surface area (Å²) in [5.41, 5.74) is -6.69. The summed E-state index contributed by atoms with van der Waals surface area (Å²) in [5, 5.41) is 0. The minimum atomic E-state index is -6.23. The fraction of sp³-hybridized carbons (Fsp3) is 0.912. The number of halogens is 3. The normalized spacial score (nSPS) is 13.0. The number of unbranched alkanes of at least 4 members (excludes halogenated alkanes) is 6. The fourth-order valence-corrected chi connectivity index (χ4v) is 5.06. The Kier molecular flexibility index (Phi) is 35.7. The van der Waals surface area contributed by atoms with Crippen molar-refractivity contribution in [2.24, 2.45) is 23.2 Å². The predicted octanol–water partition coefficient (Wildman–Crippen LogP) is 5.79. The van der Waals surface area contributed by atoms with E-state index in [-0.39, 0.29) is 75.2 Å². The zero-order valence-electron chi connectivity index (χ0n) is 33.4. The maximum absolute atomic E-state index is 12.0. The molecule has 18 heteroatoms. The van der Waals surface area contributed by atoms with Gasteiger partial charge in [0.1, 0.15) is 6.61 Å². The molecule has 0 amide bonds. The number of nitrogens with zero attached hydrogens (tertiary/aromatic N) is 1. The van der Waals surface area contributed by atoms with Crippen LogP contribution in [-0.4, -0.2) is 66.7 Å². The van der Waals surface area contributed by atoms with Gasteiger partial charge in [-0.2, -0.15) is 13.2 Å². The SMILES string of the molecule is CCC(C)(C)C(=O)OCCOS(=O)(=O)[N-]S(=O)(=O)C(F)(F)F.CCC(C)C(=O)OCCCC(C)C.CCCCCCCCCOC(=O)C(C)CC.[K+]. The second kappa shape index (κ2) is 31.8. The van der Waals surface area contributed by atoms with Gasteiger partial charge in [-0.25, -0.2) is 16.8 Å². The smallest absolute Gasteiger partial charge is 0.465 e. The van der Waals surface area contributed by atoms with Crippen LogP contribution in [0.2, 0.25) is 0 Å². The van der Waals surface area contributed by atoms with E-state index >= 15 is 0 Å². The molecule has 0 aromatic rings. The van der Waals surface area contributed by atoms with Crippen LogP contribution in [0.25, 0.3) is 4.13 Å². The second-order valence-electron chi connectivity index (χ2n) is 13.2. The van der Waals surface area contributed by atoms with Crippen molar-refractivity contribution in [3.05, 3.63) is 4.13 Å². The van der Waals surface area contributed by atoms with Crippen molar-refractivity contribution in [1.29, 1.82) is 0 Å². The Labute approximate surface area is 354 Å². The number of alkyl halides is 3. The van der Waals surface area contributed by atoms with Crippen LogP contribution in [0.5, 0.6) is 0 Å². The van der Waals surface area contributed by atoms with E-state index in [9.17, 15) is 44.4 Å². The molecule has 306 valence electrons. The van der Waals surface area contributed by atoms with Crippen molar-refractivity contribution in [3.8, 4) is 0 Å². The minimum absolute atomic E-state index is 0. The molecule has 0 spiro atoms. The van der Waals surface area contributed by atoms with E-state index < -0.39 is 50.4 Å². The van der Waals surface area contributed by atoms with Crippen molar-refractivity contribution in [3.63, 3.8) is 0 Å². The Morgan fingerprint density at radius 1 is 0.654 bits per heavy atom. The summed E-state index contributed by atoms with van der Waals surface area (Å²) >= 11 is 0. The van der Waals surface area contributed by atoms with Crippen LogP contribution in [0.15, 0.2) is 0 Å². The van der Waals surface area contributed by atoms with Crippen molar-refractivity contribution in [2.75, 3.05) is 26.4 Å². The molecule has 0 saturated heterocycles. The Balaban J connectivity index is -0.000000342. The largest absolute Gasteiger partial charge is 1.00 e. The topological polar surface area (TPSA) is 171 Å². The minimum Gasteiger partial charge on any atom is -0.465 e. The molecule has 0 aliphatic carbocycles. The molecule has 0 aromatic carbocycles.